The summed E-state index contributed by atoms with van der Waals surface area (Å²) < 4.78 is 13.1. The van der Waals surface area contributed by atoms with Crippen molar-refractivity contribution in [3.8, 4) is 11.1 Å². The van der Waals surface area contributed by atoms with Gasteiger partial charge in [0, 0.05) is 6.04 Å². The van der Waals surface area contributed by atoms with Gasteiger partial charge in [-0.3, -0.25) is 0 Å². The molecule has 0 heterocycles. The smallest absolute Gasteiger partial charge is 0.141 e. The van der Waals surface area contributed by atoms with Crippen LogP contribution in [0, 0.1) is 5.82 Å². The van der Waals surface area contributed by atoms with Crippen LogP contribution in [0.4, 0.5) is 4.39 Å². The van der Waals surface area contributed by atoms with Gasteiger partial charge in [0.1, 0.15) is 5.82 Å². The van der Waals surface area contributed by atoms with Crippen molar-refractivity contribution in [3.05, 3.63) is 58.9 Å². The first-order valence-corrected chi connectivity index (χ1v) is 6.30. The van der Waals surface area contributed by atoms with Gasteiger partial charge in [0.25, 0.3) is 0 Å². The Balaban J connectivity index is 2.31. The van der Waals surface area contributed by atoms with E-state index in [1.54, 1.807) is 12.1 Å². The van der Waals surface area contributed by atoms with Crippen molar-refractivity contribution >= 4 is 11.6 Å². The molecule has 2 N–H and O–H groups in total. The Morgan fingerprint density at radius 3 is 2.28 bits per heavy atom. The van der Waals surface area contributed by atoms with E-state index in [9.17, 15) is 4.39 Å². The van der Waals surface area contributed by atoms with Crippen LogP contribution in [-0.4, -0.2) is 0 Å². The third kappa shape index (κ3) is 2.71. The van der Waals surface area contributed by atoms with E-state index < -0.39 is 5.82 Å². The molecule has 0 aliphatic rings. The van der Waals surface area contributed by atoms with Crippen molar-refractivity contribution < 1.29 is 4.39 Å². The van der Waals surface area contributed by atoms with E-state index in [1.165, 1.54) is 6.07 Å². The highest BCUT2D eigenvalue weighted by Crippen LogP contribution is 2.26. The van der Waals surface area contributed by atoms with Crippen LogP contribution in [0.3, 0.4) is 0 Å². The van der Waals surface area contributed by atoms with Gasteiger partial charge in [0.2, 0.25) is 0 Å². The van der Waals surface area contributed by atoms with E-state index in [1.807, 2.05) is 24.3 Å². The minimum atomic E-state index is -0.398. The fourth-order valence-corrected chi connectivity index (χ4v) is 2.01. The Hall–Kier alpha value is -1.38. The molecule has 1 unspecified atom stereocenters. The summed E-state index contributed by atoms with van der Waals surface area (Å²) in [5, 5.41) is 0.141. The Morgan fingerprint density at radius 2 is 1.72 bits per heavy atom. The maximum Gasteiger partial charge on any atom is 0.141 e. The van der Waals surface area contributed by atoms with Crippen LogP contribution in [-0.2, 0) is 0 Å². The monoisotopic (exact) mass is 263 g/mol. The molecule has 0 aromatic heterocycles. The molecule has 94 valence electrons. The molecule has 0 aliphatic carbocycles. The van der Waals surface area contributed by atoms with Crippen molar-refractivity contribution in [2.24, 2.45) is 5.73 Å². The Morgan fingerprint density at radius 1 is 1.11 bits per heavy atom. The second-order valence-electron chi connectivity index (χ2n) is 4.27. The first-order chi connectivity index (χ1) is 8.61. The largest absolute Gasteiger partial charge is 0.324 e. The maximum absolute atomic E-state index is 13.1. The van der Waals surface area contributed by atoms with Crippen molar-refractivity contribution in [1.82, 2.24) is 0 Å². The topological polar surface area (TPSA) is 26.0 Å². The summed E-state index contributed by atoms with van der Waals surface area (Å²) in [7, 11) is 0. The minimum absolute atomic E-state index is 0.0656. The highest BCUT2D eigenvalue weighted by molar-refractivity contribution is 6.31. The molecule has 0 bridgehead atoms. The molecule has 0 fully saturated rings. The van der Waals surface area contributed by atoms with Crippen LogP contribution in [0.25, 0.3) is 11.1 Å². The van der Waals surface area contributed by atoms with E-state index in [0.29, 0.717) is 0 Å². The van der Waals surface area contributed by atoms with Gasteiger partial charge < -0.3 is 5.73 Å². The zero-order chi connectivity index (χ0) is 13.1. The normalized spacial score (nSPS) is 12.4. The first-order valence-electron chi connectivity index (χ1n) is 5.92. The SMILES string of the molecule is CCC(N)c1ccc(-c2ccc(F)c(Cl)c2)cc1. The highest BCUT2D eigenvalue weighted by atomic mass is 35.5. The summed E-state index contributed by atoms with van der Waals surface area (Å²) in [5.41, 5.74) is 8.97. The molecule has 2 rings (SSSR count). The number of hydrogen-bond acceptors (Lipinski definition) is 1. The lowest BCUT2D eigenvalue weighted by atomic mass is 10.00. The summed E-state index contributed by atoms with van der Waals surface area (Å²) in [6, 6.07) is 12.8. The van der Waals surface area contributed by atoms with E-state index in [2.05, 4.69) is 6.92 Å². The Bertz CT molecular complexity index is 537. The van der Waals surface area contributed by atoms with Gasteiger partial charge >= 0.3 is 0 Å². The summed E-state index contributed by atoms with van der Waals surface area (Å²) in [6.07, 6.45) is 0.904. The van der Waals surface area contributed by atoms with Crippen LogP contribution in [0.5, 0.6) is 0 Å². The van der Waals surface area contributed by atoms with E-state index in [0.717, 1.165) is 23.1 Å². The van der Waals surface area contributed by atoms with Gasteiger partial charge in [0.05, 0.1) is 5.02 Å². The van der Waals surface area contributed by atoms with Gasteiger partial charge in [-0.15, -0.1) is 0 Å². The molecular weight excluding hydrogens is 249 g/mol. The zero-order valence-electron chi connectivity index (χ0n) is 10.2. The van der Waals surface area contributed by atoms with Crippen molar-refractivity contribution in [2.45, 2.75) is 19.4 Å². The van der Waals surface area contributed by atoms with Crippen molar-refractivity contribution in [1.29, 1.82) is 0 Å². The second-order valence-corrected chi connectivity index (χ2v) is 4.67. The van der Waals surface area contributed by atoms with Crippen molar-refractivity contribution in [3.63, 3.8) is 0 Å². The summed E-state index contributed by atoms with van der Waals surface area (Å²) >= 11 is 5.77. The van der Waals surface area contributed by atoms with Crippen molar-refractivity contribution in [2.75, 3.05) is 0 Å². The minimum Gasteiger partial charge on any atom is -0.324 e. The molecule has 2 aromatic carbocycles. The molecule has 0 amide bonds. The van der Waals surface area contributed by atoms with Gasteiger partial charge in [-0.05, 0) is 35.2 Å². The van der Waals surface area contributed by atoms with Gasteiger partial charge in [-0.2, -0.15) is 0 Å². The fraction of sp³-hybridized carbons (Fsp3) is 0.200. The number of halogens is 2. The lowest BCUT2D eigenvalue weighted by Crippen LogP contribution is -2.08. The molecular formula is C15H15ClFN. The molecule has 0 saturated heterocycles. The van der Waals surface area contributed by atoms with Gasteiger partial charge in [-0.1, -0.05) is 48.9 Å². The number of benzene rings is 2. The van der Waals surface area contributed by atoms with Crippen LogP contribution < -0.4 is 5.73 Å². The molecule has 2 aromatic rings. The molecule has 18 heavy (non-hydrogen) atoms. The summed E-state index contributed by atoms with van der Waals surface area (Å²) in [5.74, 6) is -0.398. The van der Waals surface area contributed by atoms with E-state index in [4.69, 9.17) is 17.3 Å². The predicted molar refractivity (Wildman–Crippen MR) is 74.1 cm³/mol. The van der Waals surface area contributed by atoms with Crippen LogP contribution in [0.1, 0.15) is 24.9 Å². The average molecular weight is 264 g/mol. The Kier molecular flexibility index (Phi) is 4.00. The molecule has 3 heteroatoms. The van der Waals surface area contributed by atoms with Crippen LogP contribution >= 0.6 is 11.6 Å². The van der Waals surface area contributed by atoms with Crippen LogP contribution in [0.2, 0.25) is 5.02 Å². The molecule has 0 aliphatic heterocycles. The van der Waals surface area contributed by atoms with Gasteiger partial charge in [-0.25, -0.2) is 4.39 Å². The van der Waals surface area contributed by atoms with Gasteiger partial charge in [0.15, 0.2) is 0 Å². The highest BCUT2D eigenvalue weighted by Gasteiger charge is 2.05. The average Bonchev–Trinajstić information content (AvgIpc) is 2.41. The molecule has 1 nitrogen and oxygen atoms in total. The second kappa shape index (κ2) is 5.51. The summed E-state index contributed by atoms with van der Waals surface area (Å²) in [6.45, 7) is 2.05. The number of rotatable bonds is 3. The molecule has 0 radical (unpaired) electrons. The molecule has 1 atom stereocenters. The lowest BCUT2D eigenvalue weighted by molar-refractivity contribution is 0.628. The molecule has 0 saturated carbocycles. The first kappa shape index (κ1) is 13.1. The van der Waals surface area contributed by atoms with E-state index >= 15 is 0 Å². The Labute approximate surface area is 111 Å². The fourth-order valence-electron chi connectivity index (χ4n) is 1.83. The molecule has 0 spiro atoms. The third-order valence-corrected chi connectivity index (χ3v) is 3.32. The third-order valence-electron chi connectivity index (χ3n) is 3.03. The lowest BCUT2D eigenvalue weighted by Gasteiger charge is -2.10. The zero-order valence-corrected chi connectivity index (χ0v) is 10.9. The number of nitrogens with two attached hydrogens (primary N) is 1. The van der Waals surface area contributed by atoms with E-state index in [-0.39, 0.29) is 11.1 Å². The van der Waals surface area contributed by atoms with Crippen LogP contribution in [0.15, 0.2) is 42.5 Å². The predicted octanol–water partition coefficient (Wildman–Crippen LogP) is 4.56. The maximum atomic E-state index is 13.1. The standard InChI is InChI=1S/C15H15ClFN/c1-2-15(18)11-5-3-10(4-6-11)12-7-8-14(17)13(16)9-12/h3-9,15H,2,18H2,1H3. The quantitative estimate of drug-likeness (QED) is 0.863. The summed E-state index contributed by atoms with van der Waals surface area (Å²) in [4.78, 5) is 0. The number of hydrogen-bond donors (Lipinski definition) is 1.